The number of hydrogen-bond acceptors (Lipinski definition) is 3. The molecule has 14 heavy (non-hydrogen) atoms. The molecule has 1 unspecified atom stereocenters. The van der Waals surface area contributed by atoms with Gasteiger partial charge in [0.25, 0.3) is 0 Å². The van der Waals surface area contributed by atoms with Crippen molar-refractivity contribution in [1.82, 2.24) is 10.2 Å². The number of nitrogens with one attached hydrogen (secondary N) is 1. The van der Waals surface area contributed by atoms with Gasteiger partial charge in [-0.3, -0.25) is 4.79 Å². The van der Waals surface area contributed by atoms with Gasteiger partial charge in [0.2, 0.25) is 5.91 Å². The van der Waals surface area contributed by atoms with Crippen molar-refractivity contribution in [1.29, 1.82) is 0 Å². The standard InChI is InChI=1S/C8H15N3O3/c1-5(10-7(9)13)6(12)11-3-8(2,14)4-11/h5,14H,3-4H2,1-2H3,(H3,9,10,13). The lowest BCUT2D eigenvalue weighted by atomic mass is 9.96. The van der Waals surface area contributed by atoms with E-state index in [9.17, 15) is 14.7 Å². The zero-order valence-corrected chi connectivity index (χ0v) is 8.28. The zero-order valence-electron chi connectivity index (χ0n) is 8.28. The van der Waals surface area contributed by atoms with Gasteiger partial charge in [0.1, 0.15) is 6.04 Å². The minimum atomic E-state index is -0.790. The minimum Gasteiger partial charge on any atom is -0.386 e. The number of rotatable bonds is 2. The molecule has 3 amide bonds. The molecule has 6 heteroatoms. The quantitative estimate of drug-likeness (QED) is 0.514. The third-order valence-corrected chi connectivity index (χ3v) is 2.10. The van der Waals surface area contributed by atoms with Crippen molar-refractivity contribution in [3.63, 3.8) is 0 Å². The number of carbonyl (C=O) groups excluding carboxylic acids is 2. The number of aliphatic hydroxyl groups is 1. The topological polar surface area (TPSA) is 95.7 Å². The monoisotopic (exact) mass is 201 g/mol. The second-order valence-electron chi connectivity index (χ2n) is 3.92. The number of primary amides is 1. The Hall–Kier alpha value is -1.30. The summed E-state index contributed by atoms with van der Waals surface area (Å²) in [5.41, 5.74) is 4.08. The lowest BCUT2D eigenvalue weighted by Crippen LogP contribution is -2.64. The van der Waals surface area contributed by atoms with E-state index in [4.69, 9.17) is 5.73 Å². The number of hydrogen-bond donors (Lipinski definition) is 3. The van der Waals surface area contributed by atoms with Crippen LogP contribution in [0.2, 0.25) is 0 Å². The van der Waals surface area contributed by atoms with Gasteiger partial charge in [-0.05, 0) is 13.8 Å². The molecule has 4 N–H and O–H groups in total. The van der Waals surface area contributed by atoms with E-state index in [0.29, 0.717) is 13.1 Å². The molecule has 6 nitrogen and oxygen atoms in total. The third-order valence-electron chi connectivity index (χ3n) is 2.10. The highest BCUT2D eigenvalue weighted by Crippen LogP contribution is 2.20. The van der Waals surface area contributed by atoms with E-state index < -0.39 is 17.7 Å². The van der Waals surface area contributed by atoms with Crippen LogP contribution in [0.15, 0.2) is 0 Å². The van der Waals surface area contributed by atoms with Crippen molar-refractivity contribution in [2.75, 3.05) is 13.1 Å². The molecule has 0 aliphatic carbocycles. The van der Waals surface area contributed by atoms with Crippen molar-refractivity contribution in [3.8, 4) is 0 Å². The average molecular weight is 201 g/mol. The van der Waals surface area contributed by atoms with Crippen molar-refractivity contribution in [2.24, 2.45) is 5.73 Å². The molecular weight excluding hydrogens is 186 g/mol. The van der Waals surface area contributed by atoms with Crippen LogP contribution in [0.4, 0.5) is 4.79 Å². The Morgan fingerprint density at radius 1 is 1.57 bits per heavy atom. The van der Waals surface area contributed by atoms with E-state index in [1.807, 2.05) is 0 Å². The summed E-state index contributed by atoms with van der Waals surface area (Å²) in [7, 11) is 0. The molecule has 1 aliphatic rings. The lowest BCUT2D eigenvalue weighted by molar-refractivity contribution is -0.153. The first kappa shape index (κ1) is 10.8. The van der Waals surface area contributed by atoms with E-state index in [2.05, 4.69) is 5.32 Å². The summed E-state index contributed by atoms with van der Waals surface area (Å²) in [5, 5.41) is 11.7. The van der Waals surface area contributed by atoms with E-state index >= 15 is 0 Å². The summed E-state index contributed by atoms with van der Waals surface area (Å²) in [6.07, 6.45) is 0. The number of nitrogens with zero attached hydrogens (tertiary/aromatic N) is 1. The molecule has 1 aliphatic heterocycles. The number of urea groups is 1. The van der Waals surface area contributed by atoms with Gasteiger partial charge in [-0.1, -0.05) is 0 Å². The van der Waals surface area contributed by atoms with E-state index in [1.54, 1.807) is 13.8 Å². The van der Waals surface area contributed by atoms with Crippen LogP contribution in [0.25, 0.3) is 0 Å². The van der Waals surface area contributed by atoms with Crippen LogP contribution in [0.1, 0.15) is 13.8 Å². The fraction of sp³-hybridized carbons (Fsp3) is 0.750. The van der Waals surface area contributed by atoms with Crippen LogP contribution < -0.4 is 11.1 Å². The predicted octanol–water partition coefficient (Wildman–Crippen LogP) is -1.36. The second-order valence-corrected chi connectivity index (χ2v) is 3.92. The smallest absolute Gasteiger partial charge is 0.312 e. The van der Waals surface area contributed by atoms with Crippen LogP contribution in [0.5, 0.6) is 0 Å². The molecular formula is C8H15N3O3. The van der Waals surface area contributed by atoms with Crippen LogP contribution in [0, 0.1) is 0 Å². The van der Waals surface area contributed by atoms with Crippen molar-refractivity contribution in [3.05, 3.63) is 0 Å². The van der Waals surface area contributed by atoms with E-state index in [0.717, 1.165) is 0 Å². The molecule has 80 valence electrons. The molecule has 1 saturated heterocycles. The molecule has 0 radical (unpaired) electrons. The Bertz CT molecular complexity index is 257. The van der Waals surface area contributed by atoms with Gasteiger partial charge in [-0.25, -0.2) is 4.79 Å². The molecule has 1 heterocycles. The molecule has 1 fully saturated rings. The van der Waals surface area contributed by atoms with Gasteiger partial charge in [-0.2, -0.15) is 0 Å². The summed E-state index contributed by atoms with van der Waals surface area (Å²) in [6, 6.07) is -1.36. The fourth-order valence-corrected chi connectivity index (χ4v) is 1.48. The Morgan fingerprint density at radius 2 is 2.07 bits per heavy atom. The summed E-state index contributed by atoms with van der Waals surface area (Å²) in [4.78, 5) is 23.4. The van der Waals surface area contributed by atoms with Gasteiger partial charge in [0, 0.05) is 0 Å². The largest absolute Gasteiger partial charge is 0.386 e. The number of β-amino-alcohol motifs (C(OH)–C–C–N with tert-alkyl or cyclic N) is 1. The van der Waals surface area contributed by atoms with E-state index in [-0.39, 0.29) is 5.91 Å². The first-order valence-corrected chi connectivity index (χ1v) is 4.39. The summed E-state index contributed by atoms with van der Waals surface area (Å²) >= 11 is 0. The van der Waals surface area contributed by atoms with Crippen molar-refractivity contribution >= 4 is 11.9 Å². The number of likely N-dealkylation sites (tertiary alicyclic amines) is 1. The molecule has 1 atom stereocenters. The lowest BCUT2D eigenvalue weighted by Gasteiger charge is -2.45. The molecule has 0 aromatic rings. The van der Waals surface area contributed by atoms with Crippen molar-refractivity contribution < 1.29 is 14.7 Å². The summed E-state index contributed by atoms with van der Waals surface area (Å²) in [6.45, 7) is 3.82. The van der Waals surface area contributed by atoms with Gasteiger partial charge in [0.05, 0.1) is 18.7 Å². The average Bonchev–Trinajstić information content (AvgIpc) is 1.97. The second kappa shape index (κ2) is 3.45. The highest BCUT2D eigenvalue weighted by atomic mass is 16.3. The highest BCUT2D eigenvalue weighted by molar-refractivity contribution is 5.86. The Labute approximate surface area is 82.1 Å². The zero-order chi connectivity index (χ0) is 10.9. The Balaban J connectivity index is 2.40. The summed E-state index contributed by atoms with van der Waals surface area (Å²) in [5.74, 6) is -0.227. The number of nitrogens with two attached hydrogens (primary N) is 1. The predicted molar refractivity (Wildman–Crippen MR) is 49.4 cm³/mol. The molecule has 0 aromatic carbocycles. The van der Waals surface area contributed by atoms with E-state index in [1.165, 1.54) is 4.90 Å². The molecule has 0 bridgehead atoms. The maximum atomic E-state index is 11.5. The molecule has 1 rings (SSSR count). The minimum absolute atomic E-state index is 0.227. The summed E-state index contributed by atoms with van der Waals surface area (Å²) < 4.78 is 0. The third kappa shape index (κ3) is 2.35. The SMILES string of the molecule is CC(NC(N)=O)C(=O)N1CC(C)(O)C1. The molecule has 0 spiro atoms. The maximum Gasteiger partial charge on any atom is 0.312 e. The Morgan fingerprint density at radius 3 is 2.43 bits per heavy atom. The fourth-order valence-electron chi connectivity index (χ4n) is 1.48. The highest BCUT2D eigenvalue weighted by Gasteiger charge is 2.40. The number of amides is 3. The van der Waals surface area contributed by atoms with Crippen LogP contribution >= 0.6 is 0 Å². The number of carbonyl (C=O) groups is 2. The van der Waals surface area contributed by atoms with Gasteiger partial charge < -0.3 is 21.1 Å². The van der Waals surface area contributed by atoms with Crippen molar-refractivity contribution in [2.45, 2.75) is 25.5 Å². The van der Waals surface area contributed by atoms with Gasteiger partial charge in [-0.15, -0.1) is 0 Å². The first-order valence-electron chi connectivity index (χ1n) is 4.39. The Kier molecular flexibility index (Phi) is 2.66. The molecule has 0 aromatic heterocycles. The van der Waals surface area contributed by atoms with Crippen LogP contribution in [-0.2, 0) is 4.79 Å². The first-order chi connectivity index (χ1) is 6.32. The normalized spacial score (nSPS) is 20.9. The van der Waals surface area contributed by atoms with Crippen LogP contribution in [-0.4, -0.2) is 46.7 Å². The van der Waals surface area contributed by atoms with Gasteiger partial charge >= 0.3 is 6.03 Å². The maximum absolute atomic E-state index is 11.5. The van der Waals surface area contributed by atoms with Gasteiger partial charge in [0.15, 0.2) is 0 Å². The van der Waals surface area contributed by atoms with Crippen LogP contribution in [0.3, 0.4) is 0 Å². The molecule has 0 saturated carbocycles.